The second-order valence-electron chi connectivity index (χ2n) is 6.10. The van der Waals surface area contributed by atoms with E-state index in [1.54, 1.807) is 0 Å². The maximum Gasteiger partial charge on any atom is 0.0872 e. The molecule has 1 unspecified atom stereocenters. The number of hydrogen-bond donors (Lipinski definition) is 1. The summed E-state index contributed by atoms with van der Waals surface area (Å²) in [5.41, 5.74) is 3.34. The molecule has 2 aromatic rings. The van der Waals surface area contributed by atoms with Crippen molar-refractivity contribution >= 4 is 10.9 Å². The van der Waals surface area contributed by atoms with Crippen molar-refractivity contribution in [2.75, 3.05) is 14.2 Å². The van der Waals surface area contributed by atoms with Gasteiger partial charge in [0.25, 0.3) is 0 Å². The average Bonchev–Trinajstić information content (AvgIpc) is 2.98. The minimum atomic E-state index is -0.0689. The normalized spacial score (nSPS) is 19.0. The maximum absolute atomic E-state index is 5.96. The highest BCUT2D eigenvalue weighted by molar-refractivity contribution is 5.79. The first-order valence-electron chi connectivity index (χ1n) is 7.78. The van der Waals surface area contributed by atoms with E-state index < -0.39 is 0 Å². The molecule has 112 valence electrons. The second kappa shape index (κ2) is 5.74. The van der Waals surface area contributed by atoms with Gasteiger partial charge in [-0.05, 0) is 50.6 Å². The van der Waals surface area contributed by atoms with Crippen LogP contribution < -0.4 is 5.32 Å². The Morgan fingerprint density at radius 3 is 2.62 bits per heavy atom. The molecule has 1 aromatic heterocycles. The van der Waals surface area contributed by atoms with Crippen molar-refractivity contribution in [3.05, 3.63) is 41.6 Å². The zero-order chi connectivity index (χ0) is 14.9. The molecule has 0 saturated heterocycles. The van der Waals surface area contributed by atoms with Gasteiger partial charge in [0, 0.05) is 18.2 Å². The van der Waals surface area contributed by atoms with E-state index in [1.165, 1.54) is 23.8 Å². The lowest BCUT2D eigenvalue weighted by Crippen LogP contribution is -2.42. The Hall–Kier alpha value is -1.45. The van der Waals surface area contributed by atoms with Gasteiger partial charge in [-0.15, -0.1) is 0 Å². The summed E-state index contributed by atoms with van der Waals surface area (Å²) in [5, 5.41) is 4.68. The molecule has 3 nitrogen and oxygen atoms in total. The highest BCUT2D eigenvalue weighted by Crippen LogP contribution is 2.42. The summed E-state index contributed by atoms with van der Waals surface area (Å²) < 4.78 is 5.96. The molecule has 1 aliphatic carbocycles. The Morgan fingerprint density at radius 1 is 1.19 bits per heavy atom. The number of likely N-dealkylation sites (N-methyl/N-ethyl adjacent to an activating group) is 1. The number of rotatable bonds is 4. The van der Waals surface area contributed by atoms with Gasteiger partial charge < -0.3 is 10.1 Å². The van der Waals surface area contributed by atoms with Crippen molar-refractivity contribution in [3.8, 4) is 0 Å². The van der Waals surface area contributed by atoms with E-state index in [0.29, 0.717) is 0 Å². The van der Waals surface area contributed by atoms with Crippen LogP contribution in [0.5, 0.6) is 0 Å². The Bertz CT molecular complexity index is 632. The number of pyridine rings is 1. The highest BCUT2D eigenvalue weighted by Gasteiger charge is 2.41. The minimum Gasteiger partial charge on any atom is -0.376 e. The molecule has 0 spiro atoms. The van der Waals surface area contributed by atoms with E-state index in [0.717, 1.165) is 24.1 Å². The molecule has 0 amide bonds. The summed E-state index contributed by atoms with van der Waals surface area (Å²) in [7, 11) is 3.88. The molecule has 1 heterocycles. The van der Waals surface area contributed by atoms with E-state index >= 15 is 0 Å². The fourth-order valence-electron chi connectivity index (χ4n) is 3.74. The molecule has 1 atom stereocenters. The molecular formula is C18H24N2O. The van der Waals surface area contributed by atoms with Gasteiger partial charge in [0.15, 0.2) is 0 Å². The Kier molecular flexibility index (Phi) is 3.96. The number of aryl methyl sites for hydroxylation is 1. The Morgan fingerprint density at radius 2 is 1.95 bits per heavy atom. The average molecular weight is 284 g/mol. The van der Waals surface area contributed by atoms with Crippen molar-refractivity contribution in [2.24, 2.45) is 0 Å². The van der Waals surface area contributed by atoms with E-state index in [1.807, 2.05) is 21.1 Å². The van der Waals surface area contributed by atoms with Crippen LogP contribution in [0.4, 0.5) is 0 Å². The third-order valence-electron chi connectivity index (χ3n) is 4.86. The molecule has 1 N–H and O–H groups in total. The van der Waals surface area contributed by atoms with Crippen LogP contribution in [0, 0.1) is 6.92 Å². The van der Waals surface area contributed by atoms with Crippen LogP contribution in [0.15, 0.2) is 30.3 Å². The fourth-order valence-corrected chi connectivity index (χ4v) is 3.74. The molecule has 1 fully saturated rings. The molecule has 3 heteroatoms. The lowest BCUT2D eigenvalue weighted by molar-refractivity contribution is -0.0348. The van der Waals surface area contributed by atoms with Gasteiger partial charge in [-0.3, -0.25) is 4.98 Å². The summed E-state index contributed by atoms with van der Waals surface area (Å²) in [5.74, 6) is 0. The van der Waals surface area contributed by atoms with Crippen LogP contribution in [-0.4, -0.2) is 24.7 Å². The first-order valence-corrected chi connectivity index (χ1v) is 7.78. The molecular weight excluding hydrogens is 260 g/mol. The van der Waals surface area contributed by atoms with Crippen LogP contribution in [-0.2, 0) is 4.74 Å². The maximum atomic E-state index is 5.96. The summed E-state index contributed by atoms with van der Waals surface area (Å²) in [6, 6.07) is 11.0. The Balaban J connectivity index is 2.02. The van der Waals surface area contributed by atoms with Gasteiger partial charge in [0.05, 0.1) is 17.2 Å². The highest BCUT2D eigenvalue weighted by atomic mass is 16.5. The van der Waals surface area contributed by atoms with Crippen LogP contribution in [0.1, 0.15) is 43.0 Å². The van der Waals surface area contributed by atoms with Gasteiger partial charge in [-0.25, -0.2) is 0 Å². The zero-order valence-electron chi connectivity index (χ0n) is 13.1. The molecule has 3 rings (SSSR count). The van der Waals surface area contributed by atoms with Gasteiger partial charge >= 0.3 is 0 Å². The van der Waals surface area contributed by atoms with Gasteiger partial charge in [-0.2, -0.15) is 0 Å². The Labute approximate surface area is 126 Å². The van der Waals surface area contributed by atoms with E-state index in [2.05, 4.69) is 40.6 Å². The number of nitrogens with one attached hydrogen (secondary N) is 1. The lowest BCUT2D eigenvalue weighted by atomic mass is 9.86. The summed E-state index contributed by atoms with van der Waals surface area (Å²) in [6.07, 6.45) is 4.75. The zero-order valence-corrected chi connectivity index (χ0v) is 13.1. The summed E-state index contributed by atoms with van der Waals surface area (Å²) in [4.78, 5) is 4.59. The monoisotopic (exact) mass is 284 g/mol. The number of methoxy groups -OCH3 is 1. The quantitative estimate of drug-likeness (QED) is 0.928. The SMILES string of the molecule is CNC(c1ccc2nc(C)ccc2c1)C1(OC)CCCC1. The van der Waals surface area contributed by atoms with Crippen LogP contribution in [0.3, 0.4) is 0 Å². The van der Waals surface area contributed by atoms with E-state index in [-0.39, 0.29) is 11.6 Å². The van der Waals surface area contributed by atoms with Crippen LogP contribution >= 0.6 is 0 Å². The summed E-state index contributed by atoms with van der Waals surface area (Å²) in [6.45, 7) is 2.03. The number of aromatic nitrogens is 1. The number of benzene rings is 1. The third kappa shape index (κ3) is 2.56. The molecule has 1 aromatic carbocycles. The van der Waals surface area contributed by atoms with Gasteiger partial charge in [0.1, 0.15) is 0 Å². The number of fused-ring (bicyclic) bond motifs is 1. The first kappa shape index (κ1) is 14.5. The molecule has 1 aliphatic rings. The first-order chi connectivity index (χ1) is 10.2. The largest absolute Gasteiger partial charge is 0.376 e. The predicted molar refractivity (Wildman–Crippen MR) is 86.5 cm³/mol. The van der Waals surface area contributed by atoms with Crippen molar-refractivity contribution in [3.63, 3.8) is 0 Å². The third-order valence-corrected chi connectivity index (χ3v) is 4.86. The number of hydrogen-bond acceptors (Lipinski definition) is 3. The summed E-state index contributed by atoms with van der Waals surface area (Å²) >= 11 is 0. The van der Waals surface area contributed by atoms with Crippen molar-refractivity contribution in [2.45, 2.75) is 44.2 Å². The fraction of sp³-hybridized carbons (Fsp3) is 0.500. The van der Waals surface area contributed by atoms with E-state index in [9.17, 15) is 0 Å². The molecule has 21 heavy (non-hydrogen) atoms. The van der Waals surface area contributed by atoms with Crippen molar-refractivity contribution in [1.82, 2.24) is 10.3 Å². The predicted octanol–water partition coefficient (Wildman–Crippen LogP) is 3.76. The topological polar surface area (TPSA) is 34.2 Å². The van der Waals surface area contributed by atoms with Crippen LogP contribution in [0.2, 0.25) is 0 Å². The molecule has 0 bridgehead atoms. The number of nitrogens with zero attached hydrogens (tertiary/aromatic N) is 1. The smallest absolute Gasteiger partial charge is 0.0872 e. The van der Waals surface area contributed by atoms with E-state index in [4.69, 9.17) is 4.74 Å². The molecule has 1 saturated carbocycles. The van der Waals surface area contributed by atoms with Crippen molar-refractivity contribution in [1.29, 1.82) is 0 Å². The molecule has 0 aliphatic heterocycles. The lowest BCUT2D eigenvalue weighted by Gasteiger charge is -2.36. The standard InChI is InChI=1S/C18H24N2O/c1-13-6-7-14-12-15(8-9-16(14)20-13)17(19-2)18(21-3)10-4-5-11-18/h6-9,12,17,19H,4-5,10-11H2,1-3H3. The van der Waals surface area contributed by atoms with Crippen molar-refractivity contribution < 1.29 is 4.74 Å². The van der Waals surface area contributed by atoms with Gasteiger partial charge in [0.2, 0.25) is 0 Å². The van der Waals surface area contributed by atoms with Crippen LogP contribution in [0.25, 0.3) is 10.9 Å². The van der Waals surface area contributed by atoms with Gasteiger partial charge in [-0.1, -0.05) is 25.0 Å². The minimum absolute atomic E-state index is 0.0689. The second-order valence-corrected chi connectivity index (χ2v) is 6.10. The number of ether oxygens (including phenoxy) is 1. The molecule has 0 radical (unpaired) electrons.